The number of rotatable bonds is 6. The molecular formula is C19H30Cl2N2O4S. The van der Waals surface area contributed by atoms with Crippen LogP contribution in [-0.2, 0) is 9.84 Å². The zero-order valence-electron chi connectivity index (χ0n) is 16.3. The third-order valence-corrected chi connectivity index (χ3v) is 7.49. The number of benzene rings is 1. The second-order valence-electron chi connectivity index (χ2n) is 7.49. The van der Waals surface area contributed by atoms with Crippen LogP contribution in [0.1, 0.15) is 29.6 Å². The van der Waals surface area contributed by atoms with Gasteiger partial charge in [-0.1, -0.05) is 12.1 Å². The molecule has 0 saturated carbocycles. The number of piperidine rings is 1. The topological polar surface area (TPSA) is 69.3 Å². The summed E-state index contributed by atoms with van der Waals surface area (Å²) in [4.78, 5) is 15.3. The third-order valence-electron chi connectivity index (χ3n) is 5.84. The molecule has 0 radical (unpaired) electrons. The molecule has 2 aliphatic rings. The van der Waals surface area contributed by atoms with Gasteiger partial charge in [0, 0.05) is 18.4 Å². The van der Waals surface area contributed by atoms with Crippen molar-refractivity contribution in [2.24, 2.45) is 0 Å². The maximum atomic E-state index is 12.4. The lowest BCUT2D eigenvalue weighted by molar-refractivity contribution is -0.955. The summed E-state index contributed by atoms with van der Waals surface area (Å²) < 4.78 is 28.3. The molecule has 9 heteroatoms. The average molecular weight is 453 g/mol. The normalized spacial score (nSPS) is 24.5. The zero-order chi connectivity index (χ0) is 18.6. The van der Waals surface area contributed by atoms with Crippen molar-refractivity contribution < 1.29 is 52.6 Å². The number of likely N-dealkylation sites (tertiary alicyclic amines) is 1. The molecular weight excluding hydrogens is 423 g/mol. The molecule has 2 N–H and O–H groups in total. The van der Waals surface area contributed by atoms with Crippen LogP contribution in [0.2, 0.25) is 0 Å². The Morgan fingerprint density at radius 3 is 2.36 bits per heavy atom. The molecule has 28 heavy (non-hydrogen) atoms. The fourth-order valence-electron chi connectivity index (χ4n) is 4.12. The van der Waals surface area contributed by atoms with Gasteiger partial charge in [0.15, 0.2) is 15.6 Å². The van der Waals surface area contributed by atoms with Gasteiger partial charge in [-0.15, -0.1) is 0 Å². The second kappa shape index (κ2) is 11.4. The summed E-state index contributed by atoms with van der Waals surface area (Å²) in [6, 6.07) is 7.94. The van der Waals surface area contributed by atoms with E-state index < -0.39 is 9.84 Å². The van der Waals surface area contributed by atoms with Gasteiger partial charge in [0.1, 0.15) is 5.75 Å². The Morgan fingerprint density at radius 1 is 1.11 bits per heavy atom. The summed E-state index contributed by atoms with van der Waals surface area (Å²) in [6.45, 7) is 4.54. The summed E-state index contributed by atoms with van der Waals surface area (Å²) in [5.74, 6) is 1.57. The van der Waals surface area contributed by atoms with E-state index in [1.54, 1.807) is 13.2 Å². The van der Waals surface area contributed by atoms with Gasteiger partial charge in [0.25, 0.3) is 0 Å². The lowest BCUT2D eigenvalue weighted by Gasteiger charge is -2.35. The summed E-state index contributed by atoms with van der Waals surface area (Å²) in [7, 11) is -1.18. The predicted molar refractivity (Wildman–Crippen MR) is 99.9 cm³/mol. The van der Waals surface area contributed by atoms with Crippen LogP contribution in [0.5, 0.6) is 5.75 Å². The number of Topliss-reactive ketones (excluding diaryl/α,β-unsaturated/α-hetero) is 1. The maximum absolute atomic E-state index is 12.4. The fourth-order valence-corrected chi connectivity index (χ4v) is 5.47. The molecule has 1 aromatic carbocycles. The van der Waals surface area contributed by atoms with Crippen LogP contribution < -0.4 is 39.4 Å². The number of hydrogen-bond acceptors (Lipinski definition) is 4. The number of nitrogens with one attached hydrogen (secondary N) is 2. The second-order valence-corrected chi connectivity index (χ2v) is 9.79. The highest BCUT2D eigenvalue weighted by Gasteiger charge is 2.34. The van der Waals surface area contributed by atoms with Crippen molar-refractivity contribution >= 4 is 15.6 Å². The molecule has 6 nitrogen and oxygen atoms in total. The Bertz CT molecular complexity index is 723. The van der Waals surface area contributed by atoms with Gasteiger partial charge < -0.3 is 39.4 Å². The van der Waals surface area contributed by atoms with Gasteiger partial charge in [-0.3, -0.25) is 4.79 Å². The molecule has 2 fully saturated rings. The quantitative estimate of drug-likeness (QED) is 0.420. The molecule has 2 heterocycles. The number of sulfone groups is 1. The number of carbonyl (C=O) groups excluding carboxylic acids is 1. The molecule has 1 aromatic rings. The van der Waals surface area contributed by atoms with Crippen molar-refractivity contribution in [3.8, 4) is 5.75 Å². The minimum Gasteiger partial charge on any atom is -1.00 e. The number of carbonyl (C=O) groups is 1. The molecule has 2 aliphatic heterocycles. The lowest BCUT2D eigenvalue weighted by atomic mass is 10.0. The predicted octanol–water partition coefficient (Wildman–Crippen LogP) is -7.36. The Balaban J connectivity index is 0.00000196. The molecule has 2 saturated heterocycles. The Morgan fingerprint density at radius 2 is 1.75 bits per heavy atom. The Hall–Kier alpha value is -0.860. The number of halogens is 2. The molecule has 0 spiro atoms. The SMILES string of the molecule is COc1cccc(C(=O)CC[NH+]2CCC([NH+]3CCS(=O)(=O)CC3)CC2)c1.[Cl-].[Cl-]. The summed E-state index contributed by atoms with van der Waals surface area (Å²) in [5.41, 5.74) is 0.720. The van der Waals surface area contributed by atoms with E-state index in [2.05, 4.69) is 0 Å². The van der Waals surface area contributed by atoms with Gasteiger partial charge in [-0.2, -0.15) is 0 Å². The van der Waals surface area contributed by atoms with Crippen LogP contribution in [-0.4, -0.2) is 71.6 Å². The van der Waals surface area contributed by atoms with E-state index in [1.807, 2.05) is 18.2 Å². The molecule has 0 bridgehead atoms. The van der Waals surface area contributed by atoms with Crippen molar-refractivity contribution in [2.45, 2.75) is 25.3 Å². The van der Waals surface area contributed by atoms with E-state index in [0.717, 1.165) is 56.9 Å². The standard InChI is InChI=1S/C19H28N2O4S.2ClH/c1-25-18-4-2-3-16(15-18)19(22)7-10-20-8-5-17(6-9-20)21-11-13-26(23,24)14-12-21;;/h2-4,15,17H,5-14H2,1H3;2*1H. The fraction of sp³-hybridized carbons (Fsp3) is 0.632. The minimum atomic E-state index is -2.79. The van der Waals surface area contributed by atoms with Crippen LogP contribution in [0.4, 0.5) is 0 Å². The van der Waals surface area contributed by atoms with Crippen LogP contribution in [0, 0.1) is 0 Å². The van der Waals surface area contributed by atoms with E-state index >= 15 is 0 Å². The smallest absolute Gasteiger partial charge is 0.168 e. The maximum Gasteiger partial charge on any atom is 0.168 e. The Labute approximate surface area is 180 Å². The average Bonchev–Trinajstić information content (AvgIpc) is 2.66. The van der Waals surface area contributed by atoms with Crippen LogP contribution >= 0.6 is 0 Å². The van der Waals surface area contributed by atoms with Crippen molar-refractivity contribution in [2.75, 3.05) is 51.3 Å². The first kappa shape index (κ1) is 25.2. The summed E-state index contributed by atoms with van der Waals surface area (Å²) >= 11 is 0. The molecule has 0 unspecified atom stereocenters. The van der Waals surface area contributed by atoms with E-state index in [9.17, 15) is 13.2 Å². The number of quaternary nitrogens is 2. The number of ether oxygens (including phenoxy) is 1. The van der Waals surface area contributed by atoms with Crippen LogP contribution in [0.3, 0.4) is 0 Å². The van der Waals surface area contributed by atoms with Crippen molar-refractivity contribution in [3.05, 3.63) is 29.8 Å². The van der Waals surface area contributed by atoms with E-state index in [0.29, 0.717) is 24.0 Å². The highest BCUT2D eigenvalue weighted by molar-refractivity contribution is 7.91. The molecule has 160 valence electrons. The molecule has 0 amide bonds. The van der Waals surface area contributed by atoms with Gasteiger partial charge in [0.05, 0.1) is 63.8 Å². The lowest BCUT2D eigenvalue weighted by Crippen LogP contribution is -3.21. The van der Waals surface area contributed by atoms with Crippen molar-refractivity contribution in [1.29, 1.82) is 0 Å². The molecule has 0 aromatic heterocycles. The van der Waals surface area contributed by atoms with Crippen molar-refractivity contribution in [1.82, 2.24) is 0 Å². The van der Waals surface area contributed by atoms with E-state index in [1.165, 1.54) is 9.80 Å². The number of ketones is 1. The summed E-state index contributed by atoms with van der Waals surface area (Å²) in [6.07, 6.45) is 2.80. The van der Waals surface area contributed by atoms with Gasteiger partial charge in [0.2, 0.25) is 0 Å². The minimum absolute atomic E-state index is 0. The zero-order valence-corrected chi connectivity index (χ0v) is 18.6. The van der Waals surface area contributed by atoms with E-state index in [-0.39, 0.29) is 30.6 Å². The summed E-state index contributed by atoms with van der Waals surface area (Å²) in [5, 5.41) is 0. The largest absolute Gasteiger partial charge is 1.00 e. The number of methoxy groups -OCH3 is 1. The highest BCUT2D eigenvalue weighted by Crippen LogP contribution is 2.13. The van der Waals surface area contributed by atoms with Crippen molar-refractivity contribution in [3.63, 3.8) is 0 Å². The first-order valence-electron chi connectivity index (χ1n) is 9.53. The third kappa shape index (κ3) is 6.88. The monoisotopic (exact) mass is 452 g/mol. The van der Waals surface area contributed by atoms with E-state index in [4.69, 9.17) is 4.74 Å². The first-order valence-corrected chi connectivity index (χ1v) is 11.3. The van der Waals surface area contributed by atoms with Gasteiger partial charge >= 0.3 is 0 Å². The van der Waals surface area contributed by atoms with Gasteiger partial charge in [-0.25, -0.2) is 8.42 Å². The molecule has 3 rings (SSSR count). The Kier molecular flexibility index (Phi) is 10.2. The van der Waals surface area contributed by atoms with Crippen LogP contribution in [0.15, 0.2) is 24.3 Å². The molecule has 0 aliphatic carbocycles. The highest BCUT2D eigenvalue weighted by atomic mass is 35.5. The van der Waals surface area contributed by atoms with Crippen LogP contribution in [0.25, 0.3) is 0 Å². The first-order chi connectivity index (χ1) is 12.5. The molecule has 0 atom stereocenters. The number of hydrogen-bond donors (Lipinski definition) is 2. The van der Waals surface area contributed by atoms with Gasteiger partial charge in [-0.05, 0) is 12.1 Å².